The van der Waals surface area contributed by atoms with Gasteiger partial charge in [-0.05, 0) is 38.0 Å². The van der Waals surface area contributed by atoms with Gasteiger partial charge in [0.25, 0.3) is 5.91 Å². The summed E-state index contributed by atoms with van der Waals surface area (Å²) in [5.41, 5.74) is 0.333. The van der Waals surface area contributed by atoms with Gasteiger partial charge in [0.1, 0.15) is 0 Å². The molecule has 138 valence electrons. The zero-order valence-electron chi connectivity index (χ0n) is 14.3. The van der Waals surface area contributed by atoms with Crippen molar-refractivity contribution in [1.29, 1.82) is 0 Å². The maximum atomic E-state index is 12.9. The van der Waals surface area contributed by atoms with Crippen molar-refractivity contribution in [3.05, 3.63) is 29.8 Å². The Kier molecular flexibility index (Phi) is 5.73. The van der Waals surface area contributed by atoms with E-state index in [-0.39, 0.29) is 22.9 Å². The minimum absolute atomic E-state index is 0.0464. The molecular weight excluding hydrogens is 344 g/mol. The van der Waals surface area contributed by atoms with Crippen LogP contribution in [0.2, 0.25) is 0 Å². The zero-order chi connectivity index (χ0) is 17.9. The fourth-order valence-electron chi connectivity index (χ4n) is 3.12. The molecule has 2 fully saturated rings. The van der Waals surface area contributed by atoms with E-state index in [1.165, 1.54) is 16.4 Å². The number of hydrogen-bond acceptors (Lipinski definition) is 5. The quantitative estimate of drug-likeness (QED) is 0.838. The fourth-order valence-corrected chi connectivity index (χ4v) is 4.76. The standard InChI is InChI=1S/C17H24N2O5S/c1-13-12-23-9-7-19(13)25(21,22)16-6-2-4-14(10-16)17(20)18-11-15-5-3-8-24-15/h2,4,6,10,13,15H,3,5,7-9,11-12H2,1H3,(H,18,20). The number of nitrogens with one attached hydrogen (secondary N) is 1. The molecule has 0 aliphatic carbocycles. The van der Waals surface area contributed by atoms with Crippen LogP contribution in [-0.4, -0.2) is 63.7 Å². The molecule has 0 spiro atoms. The van der Waals surface area contributed by atoms with Gasteiger partial charge in [-0.3, -0.25) is 4.79 Å². The summed E-state index contributed by atoms with van der Waals surface area (Å²) in [6, 6.07) is 5.94. The lowest BCUT2D eigenvalue weighted by Gasteiger charge is -2.32. The number of rotatable bonds is 5. The van der Waals surface area contributed by atoms with Crippen LogP contribution in [-0.2, 0) is 19.5 Å². The Morgan fingerprint density at radius 1 is 1.36 bits per heavy atom. The van der Waals surface area contributed by atoms with Gasteiger partial charge in [0, 0.05) is 31.3 Å². The Hall–Kier alpha value is -1.48. The number of amides is 1. The molecule has 1 N–H and O–H groups in total. The molecular formula is C17H24N2O5S. The summed E-state index contributed by atoms with van der Waals surface area (Å²) in [4.78, 5) is 12.5. The summed E-state index contributed by atoms with van der Waals surface area (Å²) in [5.74, 6) is -0.289. The second-order valence-corrected chi connectivity index (χ2v) is 8.30. The van der Waals surface area contributed by atoms with Crippen LogP contribution in [0, 0.1) is 0 Å². The number of nitrogens with zero attached hydrogens (tertiary/aromatic N) is 1. The maximum Gasteiger partial charge on any atom is 0.251 e. The predicted molar refractivity (Wildman–Crippen MR) is 91.9 cm³/mol. The third-order valence-electron chi connectivity index (χ3n) is 4.52. The van der Waals surface area contributed by atoms with E-state index in [1.807, 2.05) is 6.92 Å². The van der Waals surface area contributed by atoms with Crippen molar-refractivity contribution < 1.29 is 22.7 Å². The van der Waals surface area contributed by atoms with Crippen molar-refractivity contribution in [2.45, 2.75) is 36.8 Å². The summed E-state index contributed by atoms with van der Waals surface area (Å²) in [6.45, 7) is 4.06. The summed E-state index contributed by atoms with van der Waals surface area (Å²) in [7, 11) is -3.65. The lowest BCUT2D eigenvalue weighted by molar-refractivity contribution is 0.0392. The van der Waals surface area contributed by atoms with Crippen molar-refractivity contribution in [2.24, 2.45) is 0 Å². The topological polar surface area (TPSA) is 84.9 Å². The highest BCUT2D eigenvalue weighted by Crippen LogP contribution is 2.21. The van der Waals surface area contributed by atoms with Crippen molar-refractivity contribution in [1.82, 2.24) is 9.62 Å². The van der Waals surface area contributed by atoms with E-state index < -0.39 is 10.0 Å². The first kappa shape index (κ1) is 18.3. The van der Waals surface area contributed by atoms with Gasteiger partial charge < -0.3 is 14.8 Å². The molecule has 0 bridgehead atoms. The highest BCUT2D eigenvalue weighted by Gasteiger charge is 2.31. The van der Waals surface area contributed by atoms with Gasteiger partial charge in [-0.25, -0.2) is 8.42 Å². The number of benzene rings is 1. The van der Waals surface area contributed by atoms with Gasteiger partial charge in [-0.15, -0.1) is 0 Å². The molecule has 0 aromatic heterocycles. The molecule has 1 aromatic rings. The second-order valence-electron chi connectivity index (χ2n) is 6.41. The molecule has 0 radical (unpaired) electrons. The Bertz CT molecular complexity index is 716. The van der Waals surface area contributed by atoms with Crippen molar-refractivity contribution >= 4 is 15.9 Å². The van der Waals surface area contributed by atoms with Gasteiger partial charge in [0.15, 0.2) is 0 Å². The predicted octanol–water partition coefficient (Wildman–Crippen LogP) is 1.00. The molecule has 8 heteroatoms. The Labute approximate surface area is 148 Å². The number of morpholine rings is 1. The lowest BCUT2D eigenvalue weighted by atomic mass is 10.2. The minimum atomic E-state index is -3.65. The van der Waals surface area contributed by atoms with E-state index in [1.54, 1.807) is 12.1 Å². The first-order valence-electron chi connectivity index (χ1n) is 8.58. The molecule has 0 saturated carbocycles. The van der Waals surface area contributed by atoms with Crippen molar-refractivity contribution in [3.63, 3.8) is 0 Å². The average molecular weight is 368 g/mol. The maximum absolute atomic E-state index is 12.9. The highest BCUT2D eigenvalue weighted by atomic mass is 32.2. The van der Waals surface area contributed by atoms with Crippen LogP contribution >= 0.6 is 0 Å². The number of ether oxygens (including phenoxy) is 2. The zero-order valence-corrected chi connectivity index (χ0v) is 15.1. The second kappa shape index (κ2) is 7.82. The first-order chi connectivity index (χ1) is 12.0. The van der Waals surface area contributed by atoms with E-state index in [2.05, 4.69) is 5.32 Å². The van der Waals surface area contributed by atoms with Crippen LogP contribution in [0.15, 0.2) is 29.2 Å². The van der Waals surface area contributed by atoms with Crippen LogP contribution < -0.4 is 5.32 Å². The minimum Gasteiger partial charge on any atom is -0.378 e. The Balaban J connectivity index is 1.72. The fraction of sp³-hybridized carbons (Fsp3) is 0.588. The van der Waals surface area contributed by atoms with Crippen LogP contribution in [0.3, 0.4) is 0 Å². The van der Waals surface area contributed by atoms with Crippen LogP contribution in [0.1, 0.15) is 30.1 Å². The molecule has 2 saturated heterocycles. The summed E-state index contributed by atoms with van der Waals surface area (Å²) in [6.07, 6.45) is 1.99. The number of hydrogen-bond donors (Lipinski definition) is 1. The number of carbonyl (C=O) groups excluding carboxylic acids is 1. The normalized spacial score (nSPS) is 25.0. The summed E-state index contributed by atoms with van der Waals surface area (Å²) < 4.78 is 37.9. The molecule has 1 amide bonds. The van der Waals surface area contributed by atoms with Gasteiger partial charge in [0.2, 0.25) is 10.0 Å². The average Bonchev–Trinajstić information content (AvgIpc) is 3.13. The van der Waals surface area contributed by atoms with Gasteiger partial charge in [0.05, 0.1) is 24.2 Å². The summed E-state index contributed by atoms with van der Waals surface area (Å²) >= 11 is 0. The van der Waals surface area contributed by atoms with Gasteiger partial charge >= 0.3 is 0 Å². The molecule has 2 unspecified atom stereocenters. The Morgan fingerprint density at radius 2 is 2.20 bits per heavy atom. The lowest BCUT2D eigenvalue weighted by Crippen LogP contribution is -2.46. The first-order valence-corrected chi connectivity index (χ1v) is 10.0. The Morgan fingerprint density at radius 3 is 2.92 bits per heavy atom. The van der Waals surface area contributed by atoms with Crippen LogP contribution in [0.5, 0.6) is 0 Å². The van der Waals surface area contributed by atoms with Crippen LogP contribution in [0.25, 0.3) is 0 Å². The number of carbonyl (C=O) groups is 1. The van der Waals surface area contributed by atoms with Gasteiger partial charge in [-0.1, -0.05) is 6.07 Å². The molecule has 25 heavy (non-hydrogen) atoms. The van der Waals surface area contributed by atoms with E-state index in [0.717, 1.165) is 19.4 Å². The van der Waals surface area contributed by atoms with Crippen molar-refractivity contribution in [2.75, 3.05) is 32.9 Å². The largest absolute Gasteiger partial charge is 0.378 e. The van der Waals surface area contributed by atoms with Crippen LogP contribution in [0.4, 0.5) is 0 Å². The molecule has 2 atom stereocenters. The summed E-state index contributed by atoms with van der Waals surface area (Å²) in [5, 5.41) is 2.82. The van der Waals surface area contributed by atoms with E-state index >= 15 is 0 Å². The van der Waals surface area contributed by atoms with Crippen molar-refractivity contribution in [3.8, 4) is 0 Å². The SMILES string of the molecule is CC1COCCN1S(=O)(=O)c1cccc(C(=O)NCC2CCCO2)c1. The monoisotopic (exact) mass is 368 g/mol. The molecule has 7 nitrogen and oxygen atoms in total. The molecule has 2 aliphatic heterocycles. The van der Waals surface area contributed by atoms with E-state index in [9.17, 15) is 13.2 Å². The molecule has 2 aliphatic rings. The molecule has 3 rings (SSSR count). The third kappa shape index (κ3) is 4.20. The van der Waals surface area contributed by atoms with E-state index in [0.29, 0.717) is 31.9 Å². The van der Waals surface area contributed by atoms with E-state index in [4.69, 9.17) is 9.47 Å². The smallest absolute Gasteiger partial charge is 0.251 e. The molecule has 1 aromatic carbocycles. The van der Waals surface area contributed by atoms with Gasteiger partial charge in [-0.2, -0.15) is 4.31 Å². The number of sulfonamides is 1. The molecule has 2 heterocycles. The third-order valence-corrected chi connectivity index (χ3v) is 6.53. The highest BCUT2D eigenvalue weighted by molar-refractivity contribution is 7.89.